The van der Waals surface area contributed by atoms with E-state index < -0.39 is 6.10 Å². The van der Waals surface area contributed by atoms with Crippen molar-refractivity contribution < 1.29 is 9.84 Å². The Morgan fingerprint density at radius 1 is 1.37 bits per heavy atom. The molecule has 19 heavy (non-hydrogen) atoms. The van der Waals surface area contributed by atoms with Crippen LogP contribution in [-0.4, -0.2) is 16.7 Å². The number of aromatic nitrogens is 1. The van der Waals surface area contributed by atoms with Crippen molar-refractivity contribution in [3.05, 3.63) is 16.1 Å². The van der Waals surface area contributed by atoms with Gasteiger partial charge in [-0.05, 0) is 44.9 Å². The molecular weight excluding hydrogens is 258 g/mol. The summed E-state index contributed by atoms with van der Waals surface area (Å²) in [6.07, 6.45) is 5.74. The predicted molar refractivity (Wildman–Crippen MR) is 78.3 cm³/mol. The molecule has 0 aromatic carbocycles. The number of thiazole rings is 1. The van der Waals surface area contributed by atoms with Gasteiger partial charge in [0.05, 0.1) is 11.0 Å². The van der Waals surface area contributed by atoms with Crippen LogP contribution in [0.15, 0.2) is 6.20 Å². The maximum atomic E-state index is 9.66. The molecule has 1 fully saturated rings. The van der Waals surface area contributed by atoms with Gasteiger partial charge in [-0.1, -0.05) is 13.8 Å². The first kappa shape index (κ1) is 14.9. The number of hydrogen-bond acceptors (Lipinski definition) is 4. The van der Waals surface area contributed by atoms with Gasteiger partial charge in [0.2, 0.25) is 0 Å². The SMILES string of the molecule is CCOC1(c2ncc(C(C)O)s2)CCC(C)(C)CC1. The molecule has 2 rings (SSSR count). The maximum Gasteiger partial charge on any atom is 0.125 e. The summed E-state index contributed by atoms with van der Waals surface area (Å²) in [5.74, 6) is 0. The van der Waals surface area contributed by atoms with Gasteiger partial charge >= 0.3 is 0 Å². The molecule has 0 amide bonds. The highest BCUT2D eigenvalue weighted by molar-refractivity contribution is 7.11. The fraction of sp³-hybridized carbons (Fsp3) is 0.800. The largest absolute Gasteiger partial charge is 0.388 e. The summed E-state index contributed by atoms with van der Waals surface area (Å²) < 4.78 is 6.11. The molecule has 0 spiro atoms. The fourth-order valence-electron chi connectivity index (χ4n) is 2.72. The molecule has 1 saturated carbocycles. The summed E-state index contributed by atoms with van der Waals surface area (Å²) in [4.78, 5) is 5.46. The van der Waals surface area contributed by atoms with Crippen LogP contribution in [0, 0.1) is 5.41 Å². The summed E-state index contributed by atoms with van der Waals surface area (Å²) >= 11 is 1.60. The Hall–Kier alpha value is -0.450. The smallest absolute Gasteiger partial charge is 0.125 e. The minimum atomic E-state index is -0.440. The van der Waals surface area contributed by atoms with Gasteiger partial charge in [-0.25, -0.2) is 4.98 Å². The zero-order valence-electron chi connectivity index (χ0n) is 12.4. The summed E-state index contributed by atoms with van der Waals surface area (Å²) in [5.41, 5.74) is 0.188. The van der Waals surface area contributed by atoms with Crippen LogP contribution in [0.1, 0.15) is 69.4 Å². The zero-order chi connectivity index (χ0) is 14.1. The second-order valence-corrected chi connectivity index (χ2v) is 7.40. The molecular formula is C15H25NO2S. The normalized spacial score (nSPS) is 23.2. The summed E-state index contributed by atoms with van der Waals surface area (Å²) in [6, 6.07) is 0. The van der Waals surface area contributed by atoms with Gasteiger partial charge in [0.25, 0.3) is 0 Å². The van der Waals surface area contributed by atoms with Gasteiger partial charge in [0.15, 0.2) is 0 Å². The quantitative estimate of drug-likeness (QED) is 0.907. The fourth-order valence-corrected chi connectivity index (χ4v) is 3.77. The highest BCUT2D eigenvalue weighted by Crippen LogP contribution is 2.48. The summed E-state index contributed by atoms with van der Waals surface area (Å²) in [7, 11) is 0. The van der Waals surface area contributed by atoms with Gasteiger partial charge < -0.3 is 9.84 Å². The molecule has 1 aromatic heterocycles. The van der Waals surface area contributed by atoms with Crippen molar-refractivity contribution >= 4 is 11.3 Å². The second-order valence-electron chi connectivity index (χ2n) is 6.34. The van der Waals surface area contributed by atoms with Gasteiger partial charge in [0, 0.05) is 12.8 Å². The van der Waals surface area contributed by atoms with Crippen molar-refractivity contribution in [2.24, 2.45) is 5.41 Å². The van der Waals surface area contributed by atoms with E-state index in [9.17, 15) is 5.11 Å². The van der Waals surface area contributed by atoms with E-state index in [0.29, 0.717) is 12.0 Å². The Labute approximate surface area is 120 Å². The lowest BCUT2D eigenvalue weighted by Gasteiger charge is -2.42. The Kier molecular flexibility index (Phi) is 4.33. The van der Waals surface area contributed by atoms with E-state index in [1.54, 1.807) is 24.5 Å². The van der Waals surface area contributed by atoms with Crippen molar-refractivity contribution in [1.82, 2.24) is 4.98 Å². The number of ether oxygens (including phenoxy) is 1. The Morgan fingerprint density at radius 3 is 2.47 bits per heavy atom. The lowest BCUT2D eigenvalue weighted by molar-refractivity contribution is -0.0890. The summed E-state index contributed by atoms with van der Waals surface area (Å²) in [5, 5.41) is 10.7. The van der Waals surface area contributed by atoms with Crippen LogP contribution in [0.25, 0.3) is 0 Å². The zero-order valence-corrected chi connectivity index (χ0v) is 13.2. The van der Waals surface area contributed by atoms with E-state index in [4.69, 9.17) is 4.74 Å². The van der Waals surface area contributed by atoms with Gasteiger partial charge in [-0.2, -0.15) is 0 Å². The molecule has 1 aliphatic carbocycles. The molecule has 1 atom stereocenters. The third kappa shape index (κ3) is 3.18. The van der Waals surface area contributed by atoms with Crippen LogP contribution in [-0.2, 0) is 10.3 Å². The Morgan fingerprint density at radius 2 is 2.00 bits per heavy atom. The Balaban J connectivity index is 2.24. The molecule has 1 unspecified atom stereocenters. The van der Waals surface area contributed by atoms with Crippen LogP contribution < -0.4 is 0 Å². The van der Waals surface area contributed by atoms with Crippen LogP contribution in [0.5, 0.6) is 0 Å². The molecule has 1 heterocycles. The average molecular weight is 283 g/mol. The minimum absolute atomic E-state index is 0.220. The van der Waals surface area contributed by atoms with E-state index in [2.05, 4.69) is 18.8 Å². The Bertz CT molecular complexity index is 416. The molecule has 1 N–H and O–H groups in total. The van der Waals surface area contributed by atoms with Gasteiger partial charge in [0.1, 0.15) is 10.6 Å². The van der Waals surface area contributed by atoms with Crippen LogP contribution in [0.4, 0.5) is 0 Å². The van der Waals surface area contributed by atoms with E-state index >= 15 is 0 Å². The van der Waals surface area contributed by atoms with Gasteiger partial charge in [-0.15, -0.1) is 11.3 Å². The summed E-state index contributed by atoms with van der Waals surface area (Å²) in [6.45, 7) is 9.20. The first-order valence-corrected chi connectivity index (χ1v) is 7.98. The lowest BCUT2D eigenvalue weighted by atomic mass is 9.71. The van der Waals surface area contributed by atoms with Gasteiger partial charge in [-0.3, -0.25) is 0 Å². The number of nitrogens with zero attached hydrogens (tertiary/aromatic N) is 1. The van der Waals surface area contributed by atoms with Crippen LogP contribution in [0.3, 0.4) is 0 Å². The number of aliphatic hydroxyl groups is 1. The van der Waals surface area contributed by atoms with E-state index in [0.717, 1.165) is 35.6 Å². The molecule has 1 aromatic rings. The number of rotatable bonds is 4. The monoisotopic (exact) mass is 283 g/mol. The van der Waals surface area contributed by atoms with Crippen LogP contribution in [0.2, 0.25) is 0 Å². The third-order valence-electron chi connectivity index (χ3n) is 4.16. The van der Waals surface area contributed by atoms with E-state index in [-0.39, 0.29) is 5.60 Å². The molecule has 4 heteroatoms. The third-order valence-corrected chi connectivity index (χ3v) is 5.51. The highest BCUT2D eigenvalue weighted by atomic mass is 32.1. The molecule has 0 aliphatic heterocycles. The highest BCUT2D eigenvalue weighted by Gasteiger charge is 2.42. The first-order chi connectivity index (χ1) is 8.88. The maximum absolute atomic E-state index is 9.66. The number of aliphatic hydroxyl groups excluding tert-OH is 1. The van der Waals surface area contributed by atoms with Crippen molar-refractivity contribution in [3.63, 3.8) is 0 Å². The molecule has 0 saturated heterocycles. The van der Waals surface area contributed by atoms with E-state index in [1.165, 1.54) is 0 Å². The molecule has 0 bridgehead atoms. The molecule has 108 valence electrons. The first-order valence-electron chi connectivity index (χ1n) is 7.17. The standard InChI is InChI=1S/C15H25NO2S/c1-5-18-15(8-6-14(3,4)7-9-15)13-16-10-12(19-13)11(2)17/h10-11,17H,5-9H2,1-4H3. The minimum Gasteiger partial charge on any atom is -0.388 e. The molecule has 1 aliphatic rings. The average Bonchev–Trinajstić information content (AvgIpc) is 2.83. The van der Waals surface area contributed by atoms with Crippen molar-refractivity contribution in [3.8, 4) is 0 Å². The number of hydrogen-bond donors (Lipinski definition) is 1. The van der Waals surface area contributed by atoms with E-state index in [1.807, 2.05) is 6.92 Å². The topological polar surface area (TPSA) is 42.4 Å². The predicted octanol–water partition coefficient (Wildman–Crippen LogP) is 4.03. The van der Waals surface area contributed by atoms with Crippen molar-refractivity contribution in [1.29, 1.82) is 0 Å². The van der Waals surface area contributed by atoms with Crippen molar-refractivity contribution in [2.75, 3.05) is 6.61 Å². The molecule has 3 nitrogen and oxygen atoms in total. The van der Waals surface area contributed by atoms with Crippen LogP contribution >= 0.6 is 11.3 Å². The lowest BCUT2D eigenvalue weighted by Crippen LogP contribution is -2.37. The van der Waals surface area contributed by atoms with Crippen molar-refractivity contribution in [2.45, 2.75) is 65.1 Å². The molecule has 0 radical (unpaired) electrons. The second kappa shape index (κ2) is 5.51.